The van der Waals surface area contributed by atoms with Crippen molar-refractivity contribution in [2.75, 3.05) is 13.2 Å². The average Bonchev–Trinajstić information content (AvgIpc) is 3.20. The van der Waals surface area contributed by atoms with Gasteiger partial charge in [-0.2, -0.15) is 0 Å². The first-order chi connectivity index (χ1) is 9.54. The highest BCUT2D eigenvalue weighted by Crippen LogP contribution is 2.44. The lowest BCUT2D eigenvalue weighted by Gasteiger charge is -2.17. The first-order valence-electron chi connectivity index (χ1n) is 6.93. The lowest BCUT2D eigenvalue weighted by atomic mass is 10.1. The molecule has 1 aliphatic carbocycles. The highest BCUT2D eigenvalue weighted by Gasteiger charge is 2.42. The number of carbonyl (C=O) groups is 1. The van der Waals surface area contributed by atoms with Gasteiger partial charge in [-0.1, -0.05) is 34.1 Å². The van der Waals surface area contributed by atoms with Crippen molar-refractivity contribution >= 4 is 22.0 Å². The third-order valence-electron chi connectivity index (χ3n) is 3.78. The number of hydrogen-bond donors (Lipinski definition) is 3. The van der Waals surface area contributed by atoms with Crippen molar-refractivity contribution in [2.45, 2.75) is 32.2 Å². The van der Waals surface area contributed by atoms with Gasteiger partial charge in [0.1, 0.15) is 0 Å². The van der Waals surface area contributed by atoms with Crippen LogP contribution in [0.5, 0.6) is 0 Å². The summed E-state index contributed by atoms with van der Waals surface area (Å²) in [6.45, 7) is 2.69. The Hall–Kier alpha value is -1.07. The number of benzene rings is 1. The van der Waals surface area contributed by atoms with E-state index in [1.165, 1.54) is 5.56 Å². The first kappa shape index (κ1) is 15.3. The maximum absolute atomic E-state index is 11.8. The Kier molecular flexibility index (Phi) is 5.05. The molecule has 3 N–H and O–H groups in total. The number of aliphatic hydroxyl groups is 1. The van der Waals surface area contributed by atoms with E-state index in [0.29, 0.717) is 6.54 Å². The van der Waals surface area contributed by atoms with Gasteiger partial charge < -0.3 is 15.7 Å². The molecule has 0 spiro atoms. The smallest absolute Gasteiger partial charge is 0.315 e. The van der Waals surface area contributed by atoms with Crippen molar-refractivity contribution in [1.29, 1.82) is 0 Å². The van der Waals surface area contributed by atoms with Gasteiger partial charge in [0.15, 0.2) is 0 Å². The minimum absolute atomic E-state index is 0.0525. The van der Waals surface area contributed by atoms with E-state index in [0.717, 1.165) is 23.7 Å². The van der Waals surface area contributed by atoms with Gasteiger partial charge >= 0.3 is 6.03 Å². The van der Waals surface area contributed by atoms with Crippen LogP contribution in [-0.4, -0.2) is 30.3 Å². The van der Waals surface area contributed by atoms with Crippen molar-refractivity contribution < 1.29 is 9.90 Å². The molecule has 2 rings (SSSR count). The Morgan fingerprint density at radius 1 is 1.45 bits per heavy atom. The third-order valence-corrected chi connectivity index (χ3v) is 4.55. The number of carbonyl (C=O) groups excluding carboxylic acids is 1. The van der Waals surface area contributed by atoms with Gasteiger partial charge in [-0.3, -0.25) is 0 Å². The minimum Gasteiger partial charge on any atom is -0.396 e. The molecule has 2 amide bonds. The SMILES string of the molecule is C[C@@H](Cc1ccccc1Br)NC(=O)NCC1(CO)CC1. The second-order valence-corrected chi connectivity index (χ2v) is 6.54. The number of hydrogen-bond acceptors (Lipinski definition) is 2. The Labute approximate surface area is 128 Å². The largest absolute Gasteiger partial charge is 0.396 e. The Morgan fingerprint density at radius 3 is 2.75 bits per heavy atom. The van der Waals surface area contributed by atoms with Gasteiger partial charge in [-0.25, -0.2) is 4.79 Å². The van der Waals surface area contributed by atoms with E-state index in [1.807, 2.05) is 31.2 Å². The zero-order chi connectivity index (χ0) is 14.6. The predicted molar refractivity (Wildman–Crippen MR) is 82.6 cm³/mol. The van der Waals surface area contributed by atoms with E-state index in [9.17, 15) is 9.90 Å². The number of rotatable bonds is 6. The van der Waals surface area contributed by atoms with Crippen molar-refractivity contribution in [1.82, 2.24) is 10.6 Å². The zero-order valence-corrected chi connectivity index (χ0v) is 13.2. The first-order valence-corrected chi connectivity index (χ1v) is 7.73. The quantitative estimate of drug-likeness (QED) is 0.744. The molecule has 1 saturated carbocycles. The molecule has 0 bridgehead atoms. The van der Waals surface area contributed by atoms with E-state index in [-0.39, 0.29) is 24.1 Å². The fourth-order valence-electron chi connectivity index (χ4n) is 2.16. The van der Waals surface area contributed by atoms with Gasteiger partial charge in [-0.15, -0.1) is 0 Å². The molecule has 1 aromatic carbocycles. The molecule has 5 heteroatoms. The van der Waals surface area contributed by atoms with Crippen molar-refractivity contribution in [3.8, 4) is 0 Å². The van der Waals surface area contributed by atoms with Crippen LogP contribution >= 0.6 is 15.9 Å². The maximum atomic E-state index is 11.8. The average molecular weight is 341 g/mol. The van der Waals surface area contributed by atoms with Crippen LogP contribution in [0, 0.1) is 5.41 Å². The Bertz CT molecular complexity index is 475. The standard InChI is InChI=1S/C15H21BrN2O2/c1-11(8-12-4-2-3-5-13(12)16)18-14(20)17-9-15(10-19)6-7-15/h2-5,11,19H,6-10H2,1H3,(H2,17,18,20)/t11-/m0/s1. The van der Waals surface area contributed by atoms with E-state index in [1.54, 1.807) is 0 Å². The summed E-state index contributed by atoms with van der Waals surface area (Å²) in [5.74, 6) is 0. The van der Waals surface area contributed by atoms with Crippen LogP contribution in [0.25, 0.3) is 0 Å². The summed E-state index contributed by atoms with van der Waals surface area (Å²) in [5, 5.41) is 15.0. The summed E-state index contributed by atoms with van der Waals surface area (Å²) in [7, 11) is 0. The second-order valence-electron chi connectivity index (χ2n) is 5.68. The van der Waals surface area contributed by atoms with Crippen LogP contribution in [0.3, 0.4) is 0 Å². The summed E-state index contributed by atoms with van der Waals surface area (Å²) in [6.07, 6.45) is 2.77. The van der Waals surface area contributed by atoms with E-state index in [4.69, 9.17) is 0 Å². The van der Waals surface area contributed by atoms with Crippen LogP contribution in [0.1, 0.15) is 25.3 Å². The highest BCUT2D eigenvalue weighted by atomic mass is 79.9. The normalized spacial score (nSPS) is 17.4. The molecule has 0 aromatic heterocycles. The number of halogens is 1. The van der Waals surface area contributed by atoms with Crippen LogP contribution in [0.4, 0.5) is 4.79 Å². The lowest BCUT2D eigenvalue weighted by molar-refractivity contribution is 0.202. The summed E-state index contributed by atoms with van der Waals surface area (Å²) in [6, 6.07) is 7.90. The molecule has 1 aromatic rings. The molecule has 110 valence electrons. The highest BCUT2D eigenvalue weighted by molar-refractivity contribution is 9.10. The van der Waals surface area contributed by atoms with Gasteiger partial charge in [-0.05, 0) is 37.8 Å². The van der Waals surface area contributed by atoms with Gasteiger partial charge in [0.25, 0.3) is 0 Å². The fraction of sp³-hybridized carbons (Fsp3) is 0.533. The summed E-state index contributed by atoms with van der Waals surface area (Å²) in [5.41, 5.74) is 1.12. The van der Waals surface area contributed by atoms with Gasteiger partial charge in [0, 0.05) is 22.5 Å². The summed E-state index contributed by atoms with van der Waals surface area (Å²) in [4.78, 5) is 11.8. The Morgan fingerprint density at radius 2 is 2.15 bits per heavy atom. The molecule has 0 radical (unpaired) electrons. The van der Waals surface area contributed by atoms with Crippen LogP contribution in [0.2, 0.25) is 0 Å². The number of aliphatic hydroxyl groups excluding tert-OH is 1. The monoisotopic (exact) mass is 340 g/mol. The number of urea groups is 1. The minimum atomic E-state index is -0.163. The molecule has 4 nitrogen and oxygen atoms in total. The molecule has 0 heterocycles. The number of nitrogens with one attached hydrogen (secondary N) is 2. The molecule has 1 aliphatic rings. The van der Waals surface area contributed by atoms with Crippen molar-refractivity contribution in [2.24, 2.45) is 5.41 Å². The predicted octanol–water partition coefficient (Wildman–Crippen LogP) is 2.45. The fourth-order valence-corrected chi connectivity index (χ4v) is 2.60. The topological polar surface area (TPSA) is 61.4 Å². The lowest BCUT2D eigenvalue weighted by Crippen LogP contribution is -2.44. The van der Waals surface area contributed by atoms with E-state index < -0.39 is 0 Å². The summed E-state index contributed by atoms with van der Waals surface area (Å²) >= 11 is 3.51. The summed E-state index contributed by atoms with van der Waals surface area (Å²) < 4.78 is 1.06. The molecule has 0 unspecified atom stereocenters. The third kappa shape index (κ3) is 4.21. The van der Waals surface area contributed by atoms with Crippen LogP contribution < -0.4 is 10.6 Å². The maximum Gasteiger partial charge on any atom is 0.315 e. The molecule has 20 heavy (non-hydrogen) atoms. The zero-order valence-electron chi connectivity index (χ0n) is 11.7. The second kappa shape index (κ2) is 6.59. The van der Waals surface area contributed by atoms with Gasteiger partial charge in [0.05, 0.1) is 6.61 Å². The van der Waals surface area contributed by atoms with E-state index >= 15 is 0 Å². The van der Waals surface area contributed by atoms with Crippen molar-refractivity contribution in [3.63, 3.8) is 0 Å². The molecule has 0 saturated heterocycles. The van der Waals surface area contributed by atoms with Crippen molar-refractivity contribution in [3.05, 3.63) is 34.3 Å². The molecule has 1 atom stereocenters. The molecular weight excluding hydrogens is 320 g/mol. The van der Waals surface area contributed by atoms with Crippen LogP contribution in [-0.2, 0) is 6.42 Å². The molecular formula is C15H21BrN2O2. The van der Waals surface area contributed by atoms with E-state index in [2.05, 4.69) is 26.6 Å². The Balaban J connectivity index is 1.75. The number of amides is 2. The molecule has 1 fully saturated rings. The molecule has 0 aliphatic heterocycles. The van der Waals surface area contributed by atoms with Gasteiger partial charge in [0.2, 0.25) is 0 Å². The van der Waals surface area contributed by atoms with Crippen LogP contribution in [0.15, 0.2) is 28.7 Å².